The van der Waals surface area contributed by atoms with Crippen LogP contribution in [0.4, 0.5) is 17.1 Å². The van der Waals surface area contributed by atoms with Crippen LogP contribution in [0.2, 0.25) is 0 Å². The van der Waals surface area contributed by atoms with Crippen LogP contribution in [0.15, 0.2) is 65.6 Å². The Morgan fingerprint density at radius 3 is 2.47 bits per heavy atom. The summed E-state index contributed by atoms with van der Waals surface area (Å²) in [5.74, 6) is 0.425. The Bertz CT molecular complexity index is 1420. The molecule has 38 heavy (non-hydrogen) atoms. The van der Waals surface area contributed by atoms with Gasteiger partial charge in [-0.3, -0.25) is 14.5 Å². The number of thioether (sulfide) groups is 1. The van der Waals surface area contributed by atoms with Crippen LogP contribution in [0.5, 0.6) is 11.5 Å². The number of hydrogen-bond acceptors (Lipinski definition) is 7. The molecular weight excluding hydrogens is 518 g/mol. The number of methoxy groups -OCH3 is 1. The third kappa shape index (κ3) is 6.17. The van der Waals surface area contributed by atoms with Crippen LogP contribution in [0.1, 0.15) is 16.7 Å². The maximum atomic E-state index is 13.2. The van der Waals surface area contributed by atoms with Gasteiger partial charge >= 0.3 is 0 Å². The number of nitrogens with one attached hydrogen (secondary N) is 1. The highest BCUT2D eigenvalue weighted by atomic mass is 32.2. The van der Waals surface area contributed by atoms with Crippen LogP contribution >= 0.6 is 24.0 Å². The summed E-state index contributed by atoms with van der Waals surface area (Å²) in [5, 5.41) is 2.88. The molecule has 2 amide bonds. The molecule has 0 bridgehead atoms. The van der Waals surface area contributed by atoms with E-state index in [1.54, 1.807) is 24.3 Å². The number of hydrogen-bond donors (Lipinski definition) is 1. The van der Waals surface area contributed by atoms with Gasteiger partial charge in [0.15, 0.2) is 22.4 Å². The van der Waals surface area contributed by atoms with E-state index in [1.807, 2.05) is 75.3 Å². The van der Waals surface area contributed by atoms with Gasteiger partial charge in [-0.1, -0.05) is 42.2 Å². The summed E-state index contributed by atoms with van der Waals surface area (Å²) in [7, 11) is 5.45. The molecule has 0 spiro atoms. The highest BCUT2D eigenvalue weighted by molar-refractivity contribution is 8.27. The number of thiocarbonyl (C=S) groups is 1. The molecule has 1 N–H and O–H groups in total. The number of carbonyl (C=O) groups excluding carboxylic acids is 2. The number of anilines is 3. The van der Waals surface area contributed by atoms with Crippen LogP contribution in [-0.4, -0.2) is 43.9 Å². The predicted molar refractivity (Wildman–Crippen MR) is 159 cm³/mol. The van der Waals surface area contributed by atoms with Crippen molar-refractivity contribution in [1.29, 1.82) is 0 Å². The first-order valence-electron chi connectivity index (χ1n) is 11.9. The maximum absolute atomic E-state index is 13.2. The second kappa shape index (κ2) is 11.7. The highest BCUT2D eigenvalue weighted by Gasteiger charge is 2.33. The van der Waals surface area contributed by atoms with Crippen molar-refractivity contribution >= 4 is 63.3 Å². The molecule has 1 aliphatic heterocycles. The molecule has 9 heteroatoms. The zero-order valence-corrected chi connectivity index (χ0v) is 23.5. The first-order valence-corrected chi connectivity index (χ1v) is 13.1. The van der Waals surface area contributed by atoms with Crippen molar-refractivity contribution in [3.05, 3.63) is 82.3 Å². The topological polar surface area (TPSA) is 71.1 Å². The molecule has 0 unspecified atom stereocenters. The molecule has 4 rings (SSSR count). The van der Waals surface area contributed by atoms with Gasteiger partial charge in [0.25, 0.3) is 11.8 Å². The standard InChI is InChI=1S/C29H29N3O4S2/c1-18-6-7-19(2)23(14-18)30-27(33)17-36-24-13-8-20(15-25(24)35-5)16-26-28(34)32(29(37)38-26)22-11-9-21(10-12-22)31(3)4/h6-16H,17H2,1-5H3,(H,30,33)/b26-16-. The SMILES string of the molecule is COc1cc(/C=C2\SC(=S)N(c3ccc(N(C)C)cc3)C2=O)ccc1OCC(=O)Nc1cc(C)ccc1C. The van der Waals surface area contributed by atoms with Crippen LogP contribution in [0, 0.1) is 13.8 Å². The van der Waals surface area contributed by atoms with E-state index in [9.17, 15) is 9.59 Å². The second-order valence-electron chi connectivity index (χ2n) is 8.99. The van der Waals surface area contributed by atoms with Crippen molar-refractivity contribution < 1.29 is 19.1 Å². The number of ether oxygens (including phenoxy) is 2. The molecule has 1 fully saturated rings. The normalized spacial score (nSPS) is 14.1. The molecule has 0 aromatic heterocycles. The molecule has 1 heterocycles. The van der Waals surface area contributed by atoms with Gasteiger partial charge in [0.2, 0.25) is 0 Å². The molecule has 1 saturated heterocycles. The van der Waals surface area contributed by atoms with Gasteiger partial charge in [-0.2, -0.15) is 0 Å². The van der Waals surface area contributed by atoms with Crippen molar-refractivity contribution in [2.24, 2.45) is 0 Å². The summed E-state index contributed by atoms with van der Waals surface area (Å²) in [6.07, 6.45) is 1.77. The Hall–Kier alpha value is -3.82. The van der Waals surface area contributed by atoms with E-state index in [2.05, 4.69) is 5.32 Å². The van der Waals surface area contributed by atoms with Gasteiger partial charge in [-0.05, 0) is 79.1 Å². The van der Waals surface area contributed by atoms with Gasteiger partial charge < -0.3 is 19.7 Å². The first kappa shape index (κ1) is 27.2. The molecular formula is C29H29N3O4S2. The Balaban J connectivity index is 1.45. The molecule has 0 radical (unpaired) electrons. The van der Waals surface area contributed by atoms with Gasteiger partial charge in [0, 0.05) is 25.5 Å². The number of amides is 2. The Morgan fingerprint density at radius 2 is 1.79 bits per heavy atom. The average molecular weight is 548 g/mol. The van der Waals surface area contributed by atoms with E-state index >= 15 is 0 Å². The van der Waals surface area contributed by atoms with E-state index in [4.69, 9.17) is 21.7 Å². The number of benzene rings is 3. The number of rotatable bonds is 8. The van der Waals surface area contributed by atoms with E-state index in [0.717, 1.165) is 33.8 Å². The first-order chi connectivity index (χ1) is 18.2. The second-order valence-corrected chi connectivity index (χ2v) is 10.7. The van der Waals surface area contributed by atoms with E-state index < -0.39 is 0 Å². The molecule has 0 aliphatic carbocycles. The highest BCUT2D eigenvalue weighted by Crippen LogP contribution is 2.37. The van der Waals surface area contributed by atoms with Crippen LogP contribution in [0.25, 0.3) is 6.08 Å². The summed E-state index contributed by atoms with van der Waals surface area (Å²) < 4.78 is 11.7. The Labute approximate surface area is 232 Å². The lowest BCUT2D eigenvalue weighted by molar-refractivity contribution is -0.118. The Morgan fingerprint density at radius 1 is 1.05 bits per heavy atom. The summed E-state index contributed by atoms with van der Waals surface area (Å²) in [4.78, 5) is 29.7. The smallest absolute Gasteiger partial charge is 0.270 e. The average Bonchev–Trinajstić information content (AvgIpc) is 3.17. The van der Waals surface area contributed by atoms with Gasteiger partial charge in [0.1, 0.15) is 0 Å². The lowest BCUT2D eigenvalue weighted by Crippen LogP contribution is -2.27. The van der Waals surface area contributed by atoms with Crippen molar-refractivity contribution in [3.63, 3.8) is 0 Å². The number of aryl methyl sites for hydroxylation is 2. The zero-order valence-electron chi connectivity index (χ0n) is 21.9. The molecule has 0 atom stereocenters. The van der Waals surface area contributed by atoms with Crippen LogP contribution < -0.4 is 24.6 Å². The third-order valence-electron chi connectivity index (χ3n) is 5.93. The van der Waals surface area contributed by atoms with Crippen molar-refractivity contribution in [1.82, 2.24) is 0 Å². The quantitative estimate of drug-likeness (QED) is 0.282. The summed E-state index contributed by atoms with van der Waals surface area (Å²) in [6, 6.07) is 18.8. The minimum Gasteiger partial charge on any atom is -0.493 e. The minimum absolute atomic E-state index is 0.172. The number of carbonyl (C=O) groups is 2. The van der Waals surface area contributed by atoms with Crippen molar-refractivity contribution in [2.45, 2.75) is 13.8 Å². The summed E-state index contributed by atoms with van der Waals surface area (Å²) in [6.45, 7) is 3.74. The fourth-order valence-electron chi connectivity index (χ4n) is 3.83. The maximum Gasteiger partial charge on any atom is 0.270 e. The molecule has 196 valence electrons. The monoisotopic (exact) mass is 547 g/mol. The zero-order chi connectivity index (χ0) is 27.4. The fraction of sp³-hybridized carbons (Fsp3) is 0.207. The molecule has 7 nitrogen and oxygen atoms in total. The van der Waals surface area contributed by atoms with E-state index in [0.29, 0.717) is 20.7 Å². The van der Waals surface area contributed by atoms with Gasteiger partial charge in [-0.15, -0.1) is 0 Å². The lowest BCUT2D eigenvalue weighted by atomic mass is 10.1. The minimum atomic E-state index is -0.271. The van der Waals surface area contributed by atoms with Gasteiger partial charge in [0.05, 0.1) is 17.7 Å². The van der Waals surface area contributed by atoms with Gasteiger partial charge in [-0.25, -0.2) is 0 Å². The number of nitrogens with zero attached hydrogens (tertiary/aromatic N) is 2. The molecule has 0 saturated carbocycles. The largest absolute Gasteiger partial charge is 0.493 e. The van der Waals surface area contributed by atoms with Crippen molar-refractivity contribution in [2.75, 3.05) is 42.9 Å². The summed E-state index contributed by atoms with van der Waals surface area (Å²) in [5.41, 5.74) is 5.29. The van der Waals surface area contributed by atoms with Crippen LogP contribution in [0.3, 0.4) is 0 Å². The fourth-order valence-corrected chi connectivity index (χ4v) is 5.13. The van der Waals surface area contributed by atoms with Crippen LogP contribution in [-0.2, 0) is 9.59 Å². The molecule has 1 aliphatic rings. The third-order valence-corrected chi connectivity index (χ3v) is 7.23. The lowest BCUT2D eigenvalue weighted by Gasteiger charge is -2.17. The van der Waals surface area contributed by atoms with E-state index in [-0.39, 0.29) is 18.4 Å². The van der Waals surface area contributed by atoms with E-state index in [1.165, 1.54) is 23.8 Å². The molecule has 3 aromatic rings. The molecule has 3 aromatic carbocycles. The van der Waals surface area contributed by atoms with Crippen molar-refractivity contribution in [3.8, 4) is 11.5 Å². The predicted octanol–water partition coefficient (Wildman–Crippen LogP) is 5.80. The summed E-state index contributed by atoms with van der Waals surface area (Å²) >= 11 is 6.75. The Kier molecular flexibility index (Phi) is 8.38.